The minimum Gasteiger partial charge on any atom is -0.338 e. The highest BCUT2D eigenvalue weighted by molar-refractivity contribution is 5.79. The van der Waals surface area contributed by atoms with Crippen molar-refractivity contribution in [2.75, 3.05) is 0 Å². The van der Waals surface area contributed by atoms with Crippen LogP contribution in [-0.2, 0) is 0 Å². The number of hydrogen-bond acceptors (Lipinski definition) is 1. The Bertz CT molecular complexity index is 883. The number of imidazole rings is 1. The molecule has 0 aliphatic heterocycles. The van der Waals surface area contributed by atoms with Crippen molar-refractivity contribution in [2.24, 2.45) is 0 Å². The molecule has 0 unspecified atom stereocenters. The number of aryl methyl sites for hydroxylation is 1. The van der Waals surface area contributed by atoms with Crippen LogP contribution in [0.2, 0.25) is 0 Å². The van der Waals surface area contributed by atoms with Crippen molar-refractivity contribution in [3.05, 3.63) is 78.4 Å². The number of aromatic amines is 1. The van der Waals surface area contributed by atoms with Gasteiger partial charge in [0.1, 0.15) is 5.82 Å². The van der Waals surface area contributed by atoms with E-state index < -0.39 is 0 Å². The van der Waals surface area contributed by atoms with Gasteiger partial charge >= 0.3 is 0 Å². The zero-order chi connectivity index (χ0) is 14.9. The van der Waals surface area contributed by atoms with Crippen LogP contribution in [0.4, 0.5) is 0 Å². The summed E-state index contributed by atoms with van der Waals surface area (Å²) in [5.41, 5.74) is 6.91. The second-order valence-corrected chi connectivity index (χ2v) is 5.55. The molecule has 1 aromatic heterocycles. The van der Waals surface area contributed by atoms with Gasteiger partial charge in [0.15, 0.2) is 0 Å². The number of hydrogen-bond donors (Lipinski definition) is 1. The van der Waals surface area contributed by atoms with Gasteiger partial charge in [-0.05, 0) is 30.2 Å². The number of H-pyrrole nitrogens is 1. The van der Waals surface area contributed by atoms with Crippen LogP contribution in [0.1, 0.15) is 5.56 Å². The van der Waals surface area contributed by atoms with E-state index in [1.54, 1.807) is 0 Å². The Labute approximate surface area is 129 Å². The van der Waals surface area contributed by atoms with Gasteiger partial charge in [0, 0.05) is 5.56 Å². The first kappa shape index (κ1) is 12.8. The number of para-hydroxylation sites is 2. The van der Waals surface area contributed by atoms with Crippen LogP contribution in [0.3, 0.4) is 0 Å². The molecule has 4 aromatic rings. The summed E-state index contributed by atoms with van der Waals surface area (Å²) in [7, 11) is 0. The van der Waals surface area contributed by atoms with Gasteiger partial charge in [0.25, 0.3) is 0 Å². The van der Waals surface area contributed by atoms with Gasteiger partial charge in [-0.15, -0.1) is 0 Å². The lowest BCUT2D eigenvalue weighted by Crippen LogP contribution is -1.82. The molecule has 1 heterocycles. The SMILES string of the molecule is Cc1ccc(-c2ccc(-c3nc4ccccc4[nH]3)cc2)cc1. The molecule has 0 radical (unpaired) electrons. The fourth-order valence-electron chi connectivity index (χ4n) is 2.66. The van der Waals surface area contributed by atoms with Gasteiger partial charge in [0.05, 0.1) is 11.0 Å². The summed E-state index contributed by atoms with van der Waals surface area (Å²) in [6, 6.07) is 25.2. The standard InChI is InChI=1S/C20H16N2/c1-14-6-8-15(9-7-14)16-10-12-17(13-11-16)20-21-18-4-2-3-5-19(18)22-20/h2-13H,1H3,(H,21,22). The molecule has 0 saturated heterocycles. The molecular weight excluding hydrogens is 268 g/mol. The van der Waals surface area contributed by atoms with Crippen LogP contribution in [0.25, 0.3) is 33.5 Å². The Hall–Kier alpha value is -2.87. The molecule has 0 spiro atoms. The van der Waals surface area contributed by atoms with Crippen molar-refractivity contribution < 1.29 is 0 Å². The Balaban J connectivity index is 1.70. The molecule has 0 aliphatic carbocycles. The van der Waals surface area contributed by atoms with Crippen molar-refractivity contribution in [3.63, 3.8) is 0 Å². The van der Waals surface area contributed by atoms with Crippen LogP contribution in [-0.4, -0.2) is 9.97 Å². The van der Waals surface area contributed by atoms with Crippen LogP contribution in [0.5, 0.6) is 0 Å². The summed E-state index contributed by atoms with van der Waals surface area (Å²) in [4.78, 5) is 8.01. The first-order chi connectivity index (χ1) is 10.8. The summed E-state index contributed by atoms with van der Waals surface area (Å²) < 4.78 is 0. The minimum atomic E-state index is 0.914. The monoisotopic (exact) mass is 284 g/mol. The lowest BCUT2D eigenvalue weighted by atomic mass is 10.0. The number of aromatic nitrogens is 2. The van der Waals surface area contributed by atoms with Gasteiger partial charge in [-0.25, -0.2) is 4.98 Å². The maximum Gasteiger partial charge on any atom is 0.138 e. The molecule has 0 fully saturated rings. The molecule has 106 valence electrons. The second kappa shape index (κ2) is 5.15. The molecular formula is C20H16N2. The minimum absolute atomic E-state index is 0.914. The van der Waals surface area contributed by atoms with Crippen LogP contribution in [0.15, 0.2) is 72.8 Å². The molecule has 0 atom stereocenters. The van der Waals surface area contributed by atoms with E-state index in [2.05, 4.69) is 65.4 Å². The molecule has 0 saturated carbocycles. The number of rotatable bonds is 2. The Kier molecular flexibility index (Phi) is 3.01. The zero-order valence-corrected chi connectivity index (χ0v) is 12.4. The average molecular weight is 284 g/mol. The van der Waals surface area contributed by atoms with Gasteiger partial charge in [-0.2, -0.15) is 0 Å². The third-order valence-electron chi connectivity index (χ3n) is 3.93. The molecule has 1 N–H and O–H groups in total. The third kappa shape index (κ3) is 2.29. The van der Waals surface area contributed by atoms with Crippen molar-refractivity contribution in [1.29, 1.82) is 0 Å². The van der Waals surface area contributed by atoms with Crippen molar-refractivity contribution in [3.8, 4) is 22.5 Å². The van der Waals surface area contributed by atoms with Crippen LogP contribution in [0, 0.1) is 6.92 Å². The van der Waals surface area contributed by atoms with E-state index in [-0.39, 0.29) is 0 Å². The van der Waals surface area contributed by atoms with Gasteiger partial charge in [0.2, 0.25) is 0 Å². The van der Waals surface area contributed by atoms with Crippen LogP contribution < -0.4 is 0 Å². The normalized spacial score (nSPS) is 11.0. The van der Waals surface area contributed by atoms with Crippen molar-refractivity contribution in [1.82, 2.24) is 9.97 Å². The van der Waals surface area contributed by atoms with Gasteiger partial charge in [-0.1, -0.05) is 66.2 Å². The van der Waals surface area contributed by atoms with E-state index >= 15 is 0 Å². The molecule has 2 nitrogen and oxygen atoms in total. The predicted molar refractivity (Wildman–Crippen MR) is 91.7 cm³/mol. The smallest absolute Gasteiger partial charge is 0.138 e. The molecule has 22 heavy (non-hydrogen) atoms. The van der Waals surface area contributed by atoms with E-state index in [1.165, 1.54) is 16.7 Å². The first-order valence-corrected chi connectivity index (χ1v) is 7.42. The summed E-state index contributed by atoms with van der Waals surface area (Å²) in [6.45, 7) is 2.11. The molecule has 2 heteroatoms. The Morgan fingerprint density at radius 1 is 0.682 bits per heavy atom. The maximum absolute atomic E-state index is 4.64. The van der Waals surface area contributed by atoms with E-state index in [4.69, 9.17) is 0 Å². The highest BCUT2D eigenvalue weighted by Gasteiger charge is 2.05. The highest BCUT2D eigenvalue weighted by atomic mass is 14.9. The summed E-state index contributed by atoms with van der Waals surface area (Å²) in [6.07, 6.45) is 0. The Morgan fingerprint density at radius 2 is 1.27 bits per heavy atom. The molecule has 0 amide bonds. The van der Waals surface area contributed by atoms with Gasteiger partial charge < -0.3 is 4.98 Å². The topological polar surface area (TPSA) is 28.7 Å². The largest absolute Gasteiger partial charge is 0.338 e. The molecule has 3 aromatic carbocycles. The lowest BCUT2D eigenvalue weighted by Gasteiger charge is -2.03. The first-order valence-electron chi connectivity index (χ1n) is 7.42. The van der Waals surface area contributed by atoms with Crippen LogP contribution >= 0.6 is 0 Å². The number of nitrogens with zero attached hydrogens (tertiary/aromatic N) is 1. The summed E-state index contributed by atoms with van der Waals surface area (Å²) >= 11 is 0. The van der Waals surface area contributed by atoms with Crippen molar-refractivity contribution in [2.45, 2.75) is 6.92 Å². The summed E-state index contributed by atoms with van der Waals surface area (Å²) in [5, 5.41) is 0. The fraction of sp³-hybridized carbons (Fsp3) is 0.0500. The summed E-state index contributed by atoms with van der Waals surface area (Å²) in [5.74, 6) is 0.914. The zero-order valence-electron chi connectivity index (χ0n) is 12.4. The predicted octanol–water partition coefficient (Wildman–Crippen LogP) is 5.21. The third-order valence-corrected chi connectivity index (χ3v) is 3.93. The maximum atomic E-state index is 4.64. The van der Waals surface area contributed by atoms with E-state index in [0.29, 0.717) is 0 Å². The quantitative estimate of drug-likeness (QED) is 0.538. The molecule has 0 bridgehead atoms. The number of fused-ring (bicyclic) bond motifs is 1. The van der Waals surface area contributed by atoms with E-state index in [0.717, 1.165) is 22.4 Å². The van der Waals surface area contributed by atoms with Crippen molar-refractivity contribution >= 4 is 11.0 Å². The Morgan fingerprint density at radius 3 is 1.95 bits per heavy atom. The highest BCUT2D eigenvalue weighted by Crippen LogP contribution is 2.25. The molecule has 4 rings (SSSR count). The van der Waals surface area contributed by atoms with E-state index in [9.17, 15) is 0 Å². The second-order valence-electron chi connectivity index (χ2n) is 5.55. The fourth-order valence-corrected chi connectivity index (χ4v) is 2.66. The van der Waals surface area contributed by atoms with E-state index in [1.807, 2.05) is 24.3 Å². The lowest BCUT2D eigenvalue weighted by molar-refractivity contribution is 1.34. The van der Waals surface area contributed by atoms with Gasteiger partial charge in [-0.3, -0.25) is 0 Å². The number of benzene rings is 3. The average Bonchev–Trinajstić information content (AvgIpc) is 3.00. The molecule has 0 aliphatic rings. The number of nitrogens with one attached hydrogen (secondary N) is 1.